The van der Waals surface area contributed by atoms with Crippen LogP contribution in [0.1, 0.15) is 11.1 Å². The Morgan fingerprint density at radius 2 is 1.63 bits per heavy atom. The molecule has 2 aromatic carbocycles. The van der Waals surface area contributed by atoms with Crippen LogP contribution in [-0.4, -0.2) is 9.79 Å². The summed E-state index contributed by atoms with van der Waals surface area (Å²) in [6.07, 6.45) is 0. The molecule has 0 unspecified atom stereocenters. The lowest BCUT2D eigenvalue weighted by atomic mass is 9.99. The number of phosphoric acid groups is 1. The fraction of sp³-hybridized carbons (Fsp3) is 0.143. The molecule has 0 atom stereocenters. The van der Waals surface area contributed by atoms with Gasteiger partial charge in [0, 0.05) is 5.56 Å². The Morgan fingerprint density at radius 3 is 2.21 bits per heavy atom. The molecule has 0 amide bonds. The first-order chi connectivity index (χ1) is 8.88. The molecule has 2 N–H and O–H groups in total. The Kier molecular flexibility index (Phi) is 3.76. The maximum Gasteiger partial charge on any atom is 0.524 e. The summed E-state index contributed by atoms with van der Waals surface area (Å²) in [5, 5.41) is 0. The fourth-order valence-electron chi connectivity index (χ4n) is 1.87. The predicted octanol–water partition coefficient (Wildman–Crippen LogP) is 3.44. The third-order valence-corrected chi connectivity index (χ3v) is 3.39. The first-order valence-corrected chi connectivity index (χ1v) is 7.32. The number of rotatable bonds is 3. The molecule has 5 heteroatoms. The first kappa shape index (κ1) is 13.8. The largest absolute Gasteiger partial charge is 0.524 e. The lowest BCUT2D eigenvalue weighted by Gasteiger charge is -2.16. The van der Waals surface area contributed by atoms with Gasteiger partial charge >= 0.3 is 7.82 Å². The summed E-state index contributed by atoms with van der Waals surface area (Å²) < 4.78 is 16.0. The molecule has 0 aliphatic rings. The highest BCUT2D eigenvalue weighted by Crippen LogP contribution is 2.44. The smallest absolute Gasteiger partial charge is 0.403 e. The zero-order valence-corrected chi connectivity index (χ0v) is 11.6. The molecule has 100 valence electrons. The van der Waals surface area contributed by atoms with Crippen molar-refractivity contribution in [1.29, 1.82) is 0 Å². The summed E-state index contributed by atoms with van der Waals surface area (Å²) in [6.45, 7) is 3.66. The highest BCUT2D eigenvalue weighted by Gasteiger charge is 2.21. The molecule has 0 spiro atoms. The summed E-state index contributed by atoms with van der Waals surface area (Å²) in [5.74, 6) is 0.236. The molecule has 0 bridgehead atoms. The van der Waals surface area contributed by atoms with Gasteiger partial charge in [-0.2, -0.15) is 0 Å². The van der Waals surface area contributed by atoms with E-state index in [2.05, 4.69) is 0 Å². The zero-order valence-electron chi connectivity index (χ0n) is 10.7. The topological polar surface area (TPSA) is 66.8 Å². The van der Waals surface area contributed by atoms with Crippen LogP contribution in [0.2, 0.25) is 0 Å². The van der Waals surface area contributed by atoms with Crippen LogP contribution >= 0.6 is 7.82 Å². The average Bonchev–Trinajstić information content (AvgIpc) is 2.35. The molecule has 0 saturated heterocycles. The monoisotopic (exact) mass is 278 g/mol. The van der Waals surface area contributed by atoms with Crippen molar-refractivity contribution in [2.75, 3.05) is 0 Å². The molecule has 0 radical (unpaired) electrons. The Labute approximate surface area is 111 Å². The maximum atomic E-state index is 11.1. The molecule has 0 fully saturated rings. The standard InChI is InChI=1S/C14H15O4P/c1-10-8-9-13(12-6-4-3-5-7-12)14(11(10)2)18-19(15,16)17/h3-9H,1-2H3,(H2,15,16,17). The highest BCUT2D eigenvalue weighted by atomic mass is 31.2. The van der Waals surface area contributed by atoms with Crippen LogP contribution in [0.3, 0.4) is 0 Å². The third-order valence-electron chi connectivity index (χ3n) is 2.97. The average molecular weight is 278 g/mol. The molecule has 0 heterocycles. The molecule has 19 heavy (non-hydrogen) atoms. The van der Waals surface area contributed by atoms with Gasteiger partial charge in [-0.25, -0.2) is 4.57 Å². The van der Waals surface area contributed by atoms with Gasteiger partial charge in [0.15, 0.2) is 0 Å². The van der Waals surface area contributed by atoms with Gasteiger partial charge in [-0.15, -0.1) is 0 Å². The predicted molar refractivity (Wildman–Crippen MR) is 74.0 cm³/mol. The Hall–Kier alpha value is -1.61. The van der Waals surface area contributed by atoms with E-state index < -0.39 is 7.82 Å². The zero-order chi connectivity index (χ0) is 14.0. The van der Waals surface area contributed by atoms with Crippen LogP contribution in [0, 0.1) is 13.8 Å². The second-order valence-corrected chi connectivity index (χ2v) is 5.50. The van der Waals surface area contributed by atoms with E-state index in [4.69, 9.17) is 14.3 Å². The van der Waals surface area contributed by atoms with Crippen molar-refractivity contribution in [3.63, 3.8) is 0 Å². The summed E-state index contributed by atoms with van der Waals surface area (Å²) in [4.78, 5) is 18.1. The summed E-state index contributed by atoms with van der Waals surface area (Å²) in [7, 11) is -4.58. The minimum atomic E-state index is -4.58. The lowest BCUT2D eigenvalue weighted by Crippen LogP contribution is -1.97. The molecule has 0 aromatic heterocycles. The first-order valence-electron chi connectivity index (χ1n) is 5.79. The van der Waals surface area contributed by atoms with Gasteiger partial charge in [-0.3, -0.25) is 9.79 Å². The maximum absolute atomic E-state index is 11.1. The van der Waals surface area contributed by atoms with Gasteiger partial charge in [-0.1, -0.05) is 42.5 Å². The van der Waals surface area contributed by atoms with Crippen molar-refractivity contribution in [1.82, 2.24) is 0 Å². The van der Waals surface area contributed by atoms with Crippen molar-refractivity contribution in [3.8, 4) is 16.9 Å². The molecule has 2 rings (SSSR count). The lowest BCUT2D eigenvalue weighted by molar-refractivity contribution is 0.283. The SMILES string of the molecule is Cc1ccc(-c2ccccc2)c(OP(=O)(O)O)c1C. The molecule has 0 aliphatic heterocycles. The van der Waals surface area contributed by atoms with E-state index in [1.54, 1.807) is 6.92 Å². The molecule has 0 saturated carbocycles. The van der Waals surface area contributed by atoms with Crippen LogP contribution in [0.5, 0.6) is 5.75 Å². The van der Waals surface area contributed by atoms with Gasteiger partial charge in [0.25, 0.3) is 0 Å². The minimum absolute atomic E-state index is 0.236. The van der Waals surface area contributed by atoms with E-state index in [0.717, 1.165) is 16.7 Å². The molecule has 2 aromatic rings. The van der Waals surface area contributed by atoms with Gasteiger partial charge in [0.1, 0.15) is 5.75 Å². The Balaban J connectivity index is 2.62. The minimum Gasteiger partial charge on any atom is -0.403 e. The quantitative estimate of drug-likeness (QED) is 0.844. The Bertz CT molecular complexity index is 631. The van der Waals surface area contributed by atoms with Crippen molar-refractivity contribution < 1.29 is 18.9 Å². The van der Waals surface area contributed by atoms with Crippen molar-refractivity contribution in [3.05, 3.63) is 53.6 Å². The van der Waals surface area contributed by atoms with Gasteiger partial charge in [0.05, 0.1) is 0 Å². The summed E-state index contributed by atoms with van der Waals surface area (Å²) in [6, 6.07) is 13.1. The van der Waals surface area contributed by atoms with E-state index in [9.17, 15) is 4.57 Å². The fourth-order valence-corrected chi connectivity index (χ4v) is 2.34. The van der Waals surface area contributed by atoms with Crippen molar-refractivity contribution >= 4 is 7.82 Å². The number of hydrogen-bond donors (Lipinski definition) is 2. The van der Waals surface area contributed by atoms with Gasteiger partial charge in [0.2, 0.25) is 0 Å². The summed E-state index contributed by atoms with van der Waals surface area (Å²) in [5.41, 5.74) is 3.17. The van der Waals surface area contributed by atoms with Crippen molar-refractivity contribution in [2.24, 2.45) is 0 Å². The van der Waals surface area contributed by atoms with Crippen LogP contribution in [0.4, 0.5) is 0 Å². The number of aryl methyl sites for hydroxylation is 1. The normalized spacial score (nSPS) is 11.4. The van der Waals surface area contributed by atoms with Gasteiger partial charge < -0.3 is 4.52 Å². The van der Waals surface area contributed by atoms with E-state index in [-0.39, 0.29) is 5.75 Å². The number of phosphoric ester groups is 1. The summed E-state index contributed by atoms with van der Waals surface area (Å²) >= 11 is 0. The van der Waals surface area contributed by atoms with E-state index in [0.29, 0.717) is 5.56 Å². The van der Waals surface area contributed by atoms with Crippen LogP contribution in [-0.2, 0) is 4.57 Å². The van der Waals surface area contributed by atoms with Crippen LogP contribution in [0.25, 0.3) is 11.1 Å². The van der Waals surface area contributed by atoms with Crippen LogP contribution in [0.15, 0.2) is 42.5 Å². The van der Waals surface area contributed by atoms with E-state index in [1.807, 2.05) is 49.4 Å². The second kappa shape index (κ2) is 5.17. The van der Waals surface area contributed by atoms with Gasteiger partial charge in [-0.05, 0) is 30.5 Å². The van der Waals surface area contributed by atoms with Crippen LogP contribution < -0.4 is 4.52 Å². The highest BCUT2D eigenvalue weighted by molar-refractivity contribution is 7.46. The molecule has 4 nitrogen and oxygen atoms in total. The third kappa shape index (κ3) is 3.24. The number of hydrogen-bond acceptors (Lipinski definition) is 2. The second-order valence-electron chi connectivity index (χ2n) is 4.33. The number of benzene rings is 2. The van der Waals surface area contributed by atoms with Crippen molar-refractivity contribution in [2.45, 2.75) is 13.8 Å². The molecular weight excluding hydrogens is 263 g/mol. The van der Waals surface area contributed by atoms with E-state index >= 15 is 0 Å². The van der Waals surface area contributed by atoms with E-state index in [1.165, 1.54) is 0 Å². The Morgan fingerprint density at radius 1 is 1.00 bits per heavy atom. The molecule has 0 aliphatic carbocycles. The molecular formula is C14H15O4P.